The van der Waals surface area contributed by atoms with E-state index in [1.807, 2.05) is 31.9 Å². The van der Waals surface area contributed by atoms with Crippen LogP contribution in [0.2, 0.25) is 0 Å². The molecule has 0 radical (unpaired) electrons. The predicted octanol–water partition coefficient (Wildman–Crippen LogP) is 1.23. The Kier molecular flexibility index (Phi) is 4.52. The zero-order chi connectivity index (χ0) is 13.0. The summed E-state index contributed by atoms with van der Waals surface area (Å²) in [7, 11) is 3.55. The third-order valence-electron chi connectivity index (χ3n) is 2.72. The van der Waals surface area contributed by atoms with E-state index in [2.05, 4.69) is 6.07 Å². The quantitative estimate of drug-likeness (QED) is 0.836. The van der Waals surface area contributed by atoms with Crippen LogP contribution < -0.4 is 10.5 Å². The van der Waals surface area contributed by atoms with Gasteiger partial charge in [0.1, 0.15) is 5.75 Å². The van der Waals surface area contributed by atoms with E-state index in [1.165, 1.54) is 5.56 Å². The molecule has 1 amide bonds. The Labute approximate surface area is 102 Å². The summed E-state index contributed by atoms with van der Waals surface area (Å²) in [6.45, 7) is 5.02. The van der Waals surface area contributed by atoms with Crippen molar-refractivity contribution < 1.29 is 9.53 Å². The van der Waals surface area contributed by atoms with Gasteiger partial charge >= 0.3 is 0 Å². The molecule has 1 aromatic rings. The van der Waals surface area contributed by atoms with E-state index < -0.39 is 0 Å². The number of nitrogens with two attached hydrogens (primary N) is 1. The Morgan fingerprint density at radius 3 is 2.53 bits per heavy atom. The average Bonchev–Trinajstić information content (AvgIpc) is 2.21. The minimum absolute atomic E-state index is 0.268. The van der Waals surface area contributed by atoms with E-state index in [1.54, 1.807) is 7.11 Å². The molecule has 0 spiro atoms. The largest absolute Gasteiger partial charge is 0.496 e. The molecule has 0 saturated heterocycles. The number of amides is 1. The van der Waals surface area contributed by atoms with Gasteiger partial charge in [-0.25, -0.2) is 0 Å². The summed E-state index contributed by atoms with van der Waals surface area (Å²) in [5.74, 6) is 0.583. The third kappa shape index (κ3) is 3.75. The maximum Gasteiger partial charge on any atom is 0.231 e. The smallest absolute Gasteiger partial charge is 0.231 e. The van der Waals surface area contributed by atoms with Crippen LogP contribution in [0.3, 0.4) is 0 Å². The van der Waals surface area contributed by atoms with Crippen molar-refractivity contribution in [1.29, 1.82) is 0 Å². The van der Waals surface area contributed by atoms with Gasteiger partial charge in [-0.15, -0.1) is 0 Å². The number of benzene rings is 1. The first-order valence-electron chi connectivity index (χ1n) is 5.55. The Balaban J connectivity index is 2.84. The molecular formula is C13H20N2O2. The van der Waals surface area contributed by atoms with Gasteiger partial charge in [-0.2, -0.15) is 0 Å². The average molecular weight is 236 g/mol. The second-order valence-corrected chi connectivity index (χ2v) is 4.39. The highest BCUT2D eigenvalue weighted by Crippen LogP contribution is 2.23. The maximum absolute atomic E-state index is 10.8. The Hall–Kier alpha value is -1.55. The van der Waals surface area contributed by atoms with Gasteiger partial charge in [-0.3, -0.25) is 9.69 Å². The van der Waals surface area contributed by atoms with Crippen LogP contribution in [0, 0.1) is 13.8 Å². The number of carbonyl (C=O) groups excluding carboxylic acids is 1. The number of carbonyl (C=O) groups is 1. The fraction of sp³-hybridized carbons (Fsp3) is 0.462. The molecule has 2 N–H and O–H groups in total. The number of aryl methyl sites for hydroxylation is 2. The minimum Gasteiger partial charge on any atom is -0.496 e. The van der Waals surface area contributed by atoms with Gasteiger partial charge in [0.2, 0.25) is 5.91 Å². The SMILES string of the molecule is COc1cc(C)c(CN(C)CC(N)=O)cc1C. The van der Waals surface area contributed by atoms with Crippen molar-refractivity contribution in [3.63, 3.8) is 0 Å². The number of hydrogen-bond donors (Lipinski definition) is 1. The van der Waals surface area contributed by atoms with E-state index >= 15 is 0 Å². The van der Waals surface area contributed by atoms with Crippen molar-refractivity contribution in [3.05, 3.63) is 28.8 Å². The lowest BCUT2D eigenvalue weighted by Gasteiger charge is -2.17. The summed E-state index contributed by atoms with van der Waals surface area (Å²) in [6, 6.07) is 4.11. The molecule has 17 heavy (non-hydrogen) atoms. The van der Waals surface area contributed by atoms with E-state index in [4.69, 9.17) is 10.5 Å². The third-order valence-corrected chi connectivity index (χ3v) is 2.72. The van der Waals surface area contributed by atoms with Crippen molar-refractivity contribution in [1.82, 2.24) is 4.90 Å². The van der Waals surface area contributed by atoms with E-state index in [0.29, 0.717) is 6.54 Å². The molecule has 0 aliphatic heterocycles. The van der Waals surface area contributed by atoms with Gasteiger partial charge < -0.3 is 10.5 Å². The number of likely N-dealkylation sites (N-methyl/N-ethyl adjacent to an activating group) is 1. The molecule has 0 saturated carbocycles. The number of rotatable bonds is 5. The van der Waals surface area contributed by atoms with Crippen LogP contribution in [0.15, 0.2) is 12.1 Å². The van der Waals surface area contributed by atoms with Crippen molar-refractivity contribution >= 4 is 5.91 Å². The second-order valence-electron chi connectivity index (χ2n) is 4.39. The highest BCUT2D eigenvalue weighted by Gasteiger charge is 2.08. The van der Waals surface area contributed by atoms with Gasteiger partial charge in [-0.05, 0) is 43.7 Å². The van der Waals surface area contributed by atoms with E-state index in [0.717, 1.165) is 16.9 Å². The molecule has 0 heterocycles. The summed E-state index contributed by atoms with van der Waals surface area (Å²) in [5.41, 5.74) is 8.60. The van der Waals surface area contributed by atoms with Crippen LogP contribution in [0.25, 0.3) is 0 Å². The van der Waals surface area contributed by atoms with Crippen LogP contribution in [0.4, 0.5) is 0 Å². The molecule has 0 aromatic heterocycles. The van der Waals surface area contributed by atoms with Crippen LogP contribution in [-0.2, 0) is 11.3 Å². The first kappa shape index (κ1) is 13.5. The zero-order valence-electron chi connectivity index (χ0n) is 10.9. The van der Waals surface area contributed by atoms with Crippen molar-refractivity contribution in [2.24, 2.45) is 5.73 Å². The van der Waals surface area contributed by atoms with Gasteiger partial charge in [0.25, 0.3) is 0 Å². The van der Waals surface area contributed by atoms with Crippen LogP contribution in [0.1, 0.15) is 16.7 Å². The molecular weight excluding hydrogens is 216 g/mol. The number of methoxy groups -OCH3 is 1. The van der Waals surface area contributed by atoms with Gasteiger partial charge in [-0.1, -0.05) is 6.07 Å². The van der Waals surface area contributed by atoms with Gasteiger partial charge in [0.05, 0.1) is 13.7 Å². The first-order chi connectivity index (χ1) is 7.93. The molecule has 4 heteroatoms. The first-order valence-corrected chi connectivity index (χ1v) is 5.55. The highest BCUT2D eigenvalue weighted by atomic mass is 16.5. The summed E-state index contributed by atoms with van der Waals surface area (Å²) in [6.07, 6.45) is 0. The fourth-order valence-corrected chi connectivity index (χ4v) is 1.85. The zero-order valence-corrected chi connectivity index (χ0v) is 10.9. The summed E-state index contributed by atoms with van der Waals surface area (Å²) in [5, 5.41) is 0. The molecule has 1 aromatic carbocycles. The molecule has 0 atom stereocenters. The Bertz CT molecular complexity index is 416. The number of primary amides is 1. The standard InChI is InChI=1S/C13H20N2O2/c1-9-6-12(17-4)10(2)5-11(9)7-15(3)8-13(14)16/h5-6H,7-8H2,1-4H3,(H2,14,16). The van der Waals surface area contributed by atoms with Gasteiger partial charge in [0, 0.05) is 6.54 Å². The monoisotopic (exact) mass is 236 g/mol. The fourth-order valence-electron chi connectivity index (χ4n) is 1.85. The second kappa shape index (κ2) is 5.68. The molecule has 1 rings (SSSR count). The Morgan fingerprint density at radius 2 is 2.00 bits per heavy atom. The predicted molar refractivity (Wildman–Crippen MR) is 68.0 cm³/mol. The molecule has 94 valence electrons. The molecule has 4 nitrogen and oxygen atoms in total. The molecule has 0 aliphatic carbocycles. The van der Waals surface area contributed by atoms with Crippen LogP contribution >= 0.6 is 0 Å². The lowest BCUT2D eigenvalue weighted by Crippen LogP contribution is -2.30. The number of ether oxygens (including phenoxy) is 1. The van der Waals surface area contributed by atoms with Crippen molar-refractivity contribution in [2.45, 2.75) is 20.4 Å². The molecule has 0 aliphatic rings. The van der Waals surface area contributed by atoms with Crippen molar-refractivity contribution in [3.8, 4) is 5.75 Å². The highest BCUT2D eigenvalue weighted by molar-refractivity contribution is 5.75. The van der Waals surface area contributed by atoms with Gasteiger partial charge in [0.15, 0.2) is 0 Å². The molecule has 0 bridgehead atoms. The van der Waals surface area contributed by atoms with Crippen molar-refractivity contribution in [2.75, 3.05) is 20.7 Å². The molecule has 0 unspecified atom stereocenters. The summed E-state index contributed by atoms with van der Waals surface area (Å²) in [4.78, 5) is 12.7. The number of nitrogens with zero attached hydrogens (tertiary/aromatic N) is 1. The minimum atomic E-state index is -0.310. The number of hydrogen-bond acceptors (Lipinski definition) is 3. The normalized spacial score (nSPS) is 10.6. The van der Waals surface area contributed by atoms with E-state index in [-0.39, 0.29) is 12.5 Å². The molecule has 0 fully saturated rings. The Morgan fingerprint density at radius 1 is 1.35 bits per heavy atom. The lowest BCUT2D eigenvalue weighted by molar-refractivity contribution is -0.118. The van der Waals surface area contributed by atoms with Crippen LogP contribution in [-0.4, -0.2) is 31.5 Å². The maximum atomic E-state index is 10.8. The topological polar surface area (TPSA) is 55.6 Å². The van der Waals surface area contributed by atoms with Crippen LogP contribution in [0.5, 0.6) is 5.75 Å². The summed E-state index contributed by atoms with van der Waals surface area (Å²) >= 11 is 0. The summed E-state index contributed by atoms with van der Waals surface area (Å²) < 4.78 is 5.26. The lowest BCUT2D eigenvalue weighted by atomic mass is 10.0. The van der Waals surface area contributed by atoms with E-state index in [9.17, 15) is 4.79 Å².